The van der Waals surface area contributed by atoms with Gasteiger partial charge in [-0.05, 0) is 55.5 Å². The zero-order valence-electron chi connectivity index (χ0n) is 16.1. The van der Waals surface area contributed by atoms with Crippen molar-refractivity contribution in [3.8, 4) is 11.5 Å². The Balaban J connectivity index is 1.66. The molecule has 1 N–H and O–H groups in total. The molecule has 1 aliphatic heterocycles. The largest absolute Gasteiger partial charge is 0.490 e. The van der Waals surface area contributed by atoms with Crippen LogP contribution in [0.15, 0.2) is 36.4 Å². The van der Waals surface area contributed by atoms with E-state index in [1.165, 1.54) is 5.56 Å². The van der Waals surface area contributed by atoms with Gasteiger partial charge in [0.15, 0.2) is 11.5 Å². The van der Waals surface area contributed by atoms with Crippen molar-refractivity contribution in [1.29, 1.82) is 0 Å². The van der Waals surface area contributed by atoms with Crippen LogP contribution in [0.2, 0.25) is 5.02 Å². The van der Waals surface area contributed by atoms with Gasteiger partial charge in [0.05, 0.1) is 17.7 Å². The lowest BCUT2D eigenvalue weighted by Gasteiger charge is -2.17. The first kappa shape index (κ1) is 20.0. The molecule has 0 unspecified atom stereocenters. The molecule has 4 nitrogen and oxygen atoms in total. The van der Waals surface area contributed by atoms with Crippen LogP contribution in [0.4, 0.5) is 0 Å². The van der Waals surface area contributed by atoms with Crippen molar-refractivity contribution < 1.29 is 14.2 Å². The smallest absolute Gasteiger partial charge is 0.180 e. The fourth-order valence-corrected chi connectivity index (χ4v) is 3.52. The van der Waals surface area contributed by atoms with Crippen LogP contribution in [0.1, 0.15) is 36.5 Å². The van der Waals surface area contributed by atoms with E-state index in [9.17, 15) is 0 Å². The molecule has 2 aromatic carbocycles. The van der Waals surface area contributed by atoms with Crippen LogP contribution >= 0.6 is 11.6 Å². The lowest BCUT2D eigenvalue weighted by atomic mass is 10.1. The first-order valence-electron chi connectivity index (χ1n) is 9.62. The van der Waals surface area contributed by atoms with Gasteiger partial charge in [-0.25, -0.2) is 0 Å². The zero-order chi connectivity index (χ0) is 19.1. The zero-order valence-corrected chi connectivity index (χ0v) is 16.8. The van der Waals surface area contributed by atoms with Gasteiger partial charge in [0, 0.05) is 19.7 Å². The molecule has 0 radical (unpaired) electrons. The average Bonchev–Trinajstić information content (AvgIpc) is 3.16. The molecule has 1 fully saturated rings. The van der Waals surface area contributed by atoms with E-state index < -0.39 is 0 Å². The van der Waals surface area contributed by atoms with Crippen molar-refractivity contribution >= 4 is 11.6 Å². The summed E-state index contributed by atoms with van der Waals surface area (Å²) >= 11 is 6.52. The number of nitrogens with one attached hydrogen (secondary N) is 1. The topological polar surface area (TPSA) is 39.7 Å². The third-order valence-corrected chi connectivity index (χ3v) is 5.01. The minimum Gasteiger partial charge on any atom is -0.490 e. The lowest BCUT2D eigenvalue weighted by Crippen LogP contribution is -2.25. The van der Waals surface area contributed by atoms with Crippen LogP contribution in [-0.4, -0.2) is 25.9 Å². The minimum absolute atomic E-state index is 0.323. The van der Waals surface area contributed by atoms with Gasteiger partial charge in [0.2, 0.25) is 0 Å². The van der Waals surface area contributed by atoms with Crippen molar-refractivity contribution in [3.05, 3.63) is 58.1 Å². The molecular weight excluding hydrogens is 362 g/mol. The monoisotopic (exact) mass is 389 g/mol. The summed E-state index contributed by atoms with van der Waals surface area (Å²) in [5, 5.41) is 4.02. The molecule has 1 aliphatic rings. The molecule has 5 heteroatoms. The summed E-state index contributed by atoms with van der Waals surface area (Å²) in [5.41, 5.74) is 3.41. The van der Waals surface area contributed by atoms with E-state index in [2.05, 4.69) is 24.4 Å². The quantitative estimate of drug-likeness (QED) is 0.662. The maximum atomic E-state index is 6.52. The summed E-state index contributed by atoms with van der Waals surface area (Å²) in [6.07, 6.45) is 2.60. The highest BCUT2D eigenvalue weighted by molar-refractivity contribution is 6.32. The van der Waals surface area contributed by atoms with Crippen LogP contribution in [0.3, 0.4) is 0 Å². The van der Waals surface area contributed by atoms with E-state index in [1.807, 2.05) is 31.2 Å². The normalized spacial score (nSPS) is 16.5. The third kappa shape index (κ3) is 5.61. The fraction of sp³-hybridized carbons (Fsp3) is 0.455. The Morgan fingerprint density at radius 3 is 2.81 bits per heavy atom. The second-order valence-electron chi connectivity index (χ2n) is 6.82. The van der Waals surface area contributed by atoms with Crippen molar-refractivity contribution in [2.75, 3.05) is 19.8 Å². The van der Waals surface area contributed by atoms with Gasteiger partial charge in [-0.15, -0.1) is 0 Å². The van der Waals surface area contributed by atoms with Crippen molar-refractivity contribution in [1.82, 2.24) is 5.32 Å². The molecule has 146 valence electrons. The molecule has 1 saturated heterocycles. The van der Waals surface area contributed by atoms with Gasteiger partial charge >= 0.3 is 0 Å². The Morgan fingerprint density at radius 1 is 1.22 bits per heavy atom. The molecule has 0 bridgehead atoms. The molecule has 0 amide bonds. The molecule has 1 atom stereocenters. The molecule has 0 aliphatic carbocycles. The second-order valence-corrected chi connectivity index (χ2v) is 7.23. The van der Waals surface area contributed by atoms with Gasteiger partial charge in [0.1, 0.15) is 6.61 Å². The SMILES string of the molecule is CCOc1cc(CNC[C@H]2CCCO2)cc(Cl)c1OCc1ccccc1C. The van der Waals surface area contributed by atoms with E-state index in [0.717, 1.165) is 43.7 Å². The van der Waals surface area contributed by atoms with Crippen LogP contribution < -0.4 is 14.8 Å². The Morgan fingerprint density at radius 2 is 2.07 bits per heavy atom. The maximum Gasteiger partial charge on any atom is 0.180 e. The van der Waals surface area contributed by atoms with Crippen molar-refractivity contribution in [2.45, 2.75) is 45.9 Å². The lowest BCUT2D eigenvalue weighted by molar-refractivity contribution is 0.110. The van der Waals surface area contributed by atoms with Crippen LogP contribution in [0, 0.1) is 6.92 Å². The minimum atomic E-state index is 0.323. The number of rotatable bonds is 9. The fourth-order valence-electron chi connectivity index (χ4n) is 3.23. The van der Waals surface area contributed by atoms with Crippen LogP contribution in [-0.2, 0) is 17.9 Å². The highest BCUT2D eigenvalue weighted by Gasteiger charge is 2.16. The predicted molar refractivity (Wildman–Crippen MR) is 109 cm³/mol. The molecular formula is C22H28ClNO3. The molecule has 1 heterocycles. The van der Waals surface area contributed by atoms with Gasteiger partial charge in [-0.2, -0.15) is 0 Å². The summed E-state index contributed by atoms with van der Waals surface area (Å²) < 4.78 is 17.5. The maximum absolute atomic E-state index is 6.52. The van der Waals surface area contributed by atoms with E-state index in [-0.39, 0.29) is 0 Å². The van der Waals surface area contributed by atoms with Crippen molar-refractivity contribution in [3.63, 3.8) is 0 Å². The molecule has 27 heavy (non-hydrogen) atoms. The Kier molecular flexibility index (Phi) is 7.39. The molecule has 2 aromatic rings. The van der Waals surface area contributed by atoms with E-state index in [0.29, 0.717) is 35.8 Å². The number of hydrogen-bond donors (Lipinski definition) is 1. The number of aryl methyl sites for hydroxylation is 1. The first-order chi connectivity index (χ1) is 13.2. The number of benzene rings is 2. The molecule has 0 saturated carbocycles. The summed E-state index contributed by atoms with van der Waals surface area (Å²) in [6.45, 7) is 7.51. The van der Waals surface area contributed by atoms with Gasteiger partial charge in [0.25, 0.3) is 0 Å². The van der Waals surface area contributed by atoms with E-state index >= 15 is 0 Å². The van der Waals surface area contributed by atoms with Crippen LogP contribution in [0.5, 0.6) is 11.5 Å². The summed E-state index contributed by atoms with van der Waals surface area (Å²) in [7, 11) is 0. The van der Waals surface area contributed by atoms with Gasteiger partial charge < -0.3 is 19.5 Å². The number of ether oxygens (including phenoxy) is 3. The Labute approximate surface area is 166 Å². The van der Waals surface area contributed by atoms with Gasteiger partial charge in [-0.3, -0.25) is 0 Å². The standard InChI is InChI=1S/C22H28ClNO3/c1-3-25-21-12-17(13-24-14-19-9-6-10-26-19)11-20(23)22(21)27-15-18-8-5-4-7-16(18)2/h4-5,7-8,11-12,19,24H,3,6,9-10,13-15H2,1-2H3/t19-/m1/s1. The molecule has 3 rings (SSSR count). The highest BCUT2D eigenvalue weighted by Crippen LogP contribution is 2.37. The van der Waals surface area contributed by atoms with Crippen molar-refractivity contribution in [2.24, 2.45) is 0 Å². The Hall–Kier alpha value is -1.75. The molecule has 0 spiro atoms. The number of hydrogen-bond acceptors (Lipinski definition) is 4. The average molecular weight is 390 g/mol. The summed E-state index contributed by atoms with van der Waals surface area (Å²) in [5.74, 6) is 1.29. The number of halogens is 1. The first-order valence-corrected chi connectivity index (χ1v) is 10.00. The van der Waals surface area contributed by atoms with E-state index in [1.54, 1.807) is 0 Å². The summed E-state index contributed by atoms with van der Waals surface area (Å²) in [4.78, 5) is 0. The Bertz CT molecular complexity index is 744. The van der Waals surface area contributed by atoms with Gasteiger partial charge in [-0.1, -0.05) is 35.9 Å². The highest BCUT2D eigenvalue weighted by atomic mass is 35.5. The third-order valence-electron chi connectivity index (χ3n) is 4.73. The summed E-state index contributed by atoms with van der Waals surface area (Å²) in [6, 6.07) is 12.1. The second kappa shape index (κ2) is 9.98. The van der Waals surface area contributed by atoms with Crippen LogP contribution in [0.25, 0.3) is 0 Å². The van der Waals surface area contributed by atoms with E-state index in [4.69, 9.17) is 25.8 Å². The molecule has 0 aromatic heterocycles. The predicted octanol–water partition coefficient (Wildman–Crippen LogP) is 4.89.